The summed E-state index contributed by atoms with van der Waals surface area (Å²) in [6.07, 6.45) is 0. The topological polar surface area (TPSA) is 86.7 Å². The standard InChI is InChI=1S/C14H15ClF2N2O4/c1-7(14(22)23)19(6-5-18-8(2)20)13(21)9-3-4-10(16)11(15)12(9)17/h3-4,7H,5-6H2,1-2H3,(H,18,20)(H,22,23). The zero-order chi connectivity index (χ0) is 17.7. The maximum Gasteiger partial charge on any atom is 0.326 e. The average molecular weight is 349 g/mol. The molecule has 1 aromatic rings. The zero-order valence-corrected chi connectivity index (χ0v) is 13.2. The quantitative estimate of drug-likeness (QED) is 0.766. The highest BCUT2D eigenvalue weighted by molar-refractivity contribution is 6.31. The van der Waals surface area contributed by atoms with Crippen LogP contribution in [0.15, 0.2) is 12.1 Å². The molecule has 0 radical (unpaired) electrons. The smallest absolute Gasteiger partial charge is 0.326 e. The Balaban J connectivity index is 3.10. The predicted octanol–water partition coefficient (Wildman–Crippen LogP) is 1.67. The summed E-state index contributed by atoms with van der Waals surface area (Å²) in [4.78, 5) is 35.2. The molecule has 0 saturated heterocycles. The molecule has 6 nitrogen and oxygen atoms in total. The molecule has 0 aliphatic carbocycles. The molecule has 1 aromatic carbocycles. The van der Waals surface area contributed by atoms with E-state index in [-0.39, 0.29) is 19.0 Å². The van der Waals surface area contributed by atoms with E-state index in [9.17, 15) is 23.2 Å². The lowest BCUT2D eigenvalue weighted by Gasteiger charge is -2.27. The molecule has 0 aromatic heterocycles. The van der Waals surface area contributed by atoms with E-state index in [4.69, 9.17) is 16.7 Å². The maximum absolute atomic E-state index is 14.0. The summed E-state index contributed by atoms with van der Waals surface area (Å²) < 4.78 is 27.1. The van der Waals surface area contributed by atoms with Gasteiger partial charge in [0.25, 0.3) is 5.91 Å². The summed E-state index contributed by atoms with van der Waals surface area (Å²) in [5.74, 6) is -4.94. The minimum absolute atomic E-state index is 0.0186. The number of nitrogens with one attached hydrogen (secondary N) is 1. The fraction of sp³-hybridized carbons (Fsp3) is 0.357. The van der Waals surface area contributed by atoms with Crippen molar-refractivity contribution in [3.63, 3.8) is 0 Å². The number of carbonyl (C=O) groups excluding carboxylic acids is 2. The van der Waals surface area contributed by atoms with Crippen LogP contribution in [0, 0.1) is 11.6 Å². The maximum atomic E-state index is 14.0. The second-order valence-electron chi connectivity index (χ2n) is 4.72. The van der Waals surface area contributed by atoms with Gasteiger partial charge in [0.1, 0.15) is 16.9 Å². The molecule has 0 saturated carbocycles. The Morgan fingerprint density at radius 2 is 1.96 bits per heavy atom. The zero-order valence-electron chi connectivity index (χ0n) is 12.4. The van der Waals surface area contributed by atoms with Crippen LogP contribution in [0.5, 0.6) is 0 Å². The van der Waals surface area contributed by atoms with Gasteiger partial charge < -0.3 is 15.3 Å². The molecule has 2 N–H and O–H groups in total. The first-order valence-corrected chi connectivity index (χ1v) is 6.96. The summed E-state index contributed by atoms with van der Waals surface area (Å²) in [6.45, 7) is 2.30. The SMILES string of the molecule is CC(=O)NCCN(C(=O)c1ccc(F)c(Cl)c1F)C(C)C(=O)O. The van der Waals surface area contributed by atoms with Crippen molar-refractivity contribution < 1.29 is 28.3 Å². The summed E-state index contributed by atoms with van der Waals surface area (Å²) in [7, 11) is 0. The second kappa shape index (κ2) is 7.87. The third-order valence-electron chi connectivity index (χ3n) is 3.08. The Hall–Kier alpha value is -2.22. The molecular weight excluding hydrogens is 334 g/mol. The highest BCUT2D eigenvalue weighted by Crippen LogP contribution is 2.23. The van der Waals surface area contributed by atoms with E-state index < -0.39 is 40.1 Å². The van der Waals surface area contributed by atoms with Crippen LogP contribution in [0.25, 0.3) is 0 Å². The van der Waals surface area contributed by atoms with E-state index in [1.807, 2.05) is 0 Å². The van der Waals surface area contributed by atoms with Crippen molar-refractivity contribution in [3.8, 4) is 0 Å². The number of hydrogen-bond acceptors (Lipinski definition) is 3. The number of benzene rings is 1. The van der Waals surface area contributed by atoms with Gasteiger partial charge in [0.15, 0.2) is 5.82 Å². The molecule has 0 aliphatic rings. The molecule has 0 heterocycles. The van der Waals surface area contributed by atoms with Crippen molar-refractivity contribution in [2.24, 2.45) is 0 Å². The van der Waals surface area contributed by atoms with E-state index in [1.54, 1.807) is 0 Å². The summed E-state index contributed by atoms with van der Waals surface area (Å²) in [6, 6.07) is 0.425. The number of nitrogens with zero attached hydrogens (tertiary/aromatic N) is 1. The molecule has 0 spiro atoms. The molecule has 0 aliphatic heterocycles. The third kappa shape index (κ3) is 4.62. The van der Waals surface area contributed by atoms with Crippen molar-refractivity contribution in [2.75, 3.05) is 13.1 Å². The van der Waals surface area contributed by atoms with Crippen molar-refractivity contribution in [1.29, 1.82) is 0 Å². The first-order chi connectivity index (χ1) is 10.7. The van der Waals surface area contributed by atoms with Crippen LogP contribution in [0.2, 0.25) is 5.02 Å². The second-order valence-corrected chi connectivity index (χ2v) is 5.10. The summed E-state index contributed by atoms with van der Waals surface area (Å²) in [5, 5.41) is 10.6. The van der Waals surface area contributed by atoms with Gasteiger partial charge in [-0.1, -0.05) is 11.6 Å². The first-order valence-electron chi connectivity index (χ1n) is 6.58. The molecule has 9 heteroatoms. The lowest BCUT2D eigenvalue weighted by molar-refractivity contribution is -0.141. The minimum Gasteiger partial charge on any atom is -0.480 e. The van der Waals surface area contributed by atoms with Gasteiger partial charge in [-0.3, -0.25) is 9.59 Å². The van der Waals surface area contributed by atoms with Gasteiger partial charge in [0, 0.05) is 20.0 Å². The highest BCUT2D eigenvalue weighted by Gasteiger charge is 2.29. The van der Waals surface area contributed by atoms with Gasteiger partial charge in [0.2, 0.25) is 5.91 Å². The van der Waals surface area contributed by atoms with Crippen molar-refractivity contribution in [1.82, 2.24) is 10.2 Å². The Labute approximate surface area is 136 Å². The number of carboxylic acids is 1. The summed E-state index contributed by atoms with van der Waals surface area (Å²) in [5.41, 5.74) is -0.549. The van der Waals surface area contributed by atoms with Crippen molar-refractivity contribution in [3.05, 3.63) is 34.4 Å². The third-order valence-corrected chi connectivity index (χ3v) is 3.42. The highest BCUT2D eigenvalue weighted by atomic mass is 35.5. The Morgan fingerprint density at radius 3 is 2.48 bits per heavy atom. The number of amides is 2. The number of aliphatic carboxylic acids is 1. The molecule has 1 unspecified atom stereocenters. The lowest BCUT2D eigenvalue weighted by atomic mass is 10.1. The van der Waals surface area contributed by atoms with E-state index in [0.717, 1.165) is 17.0 Å². The van der Waals surface area contributed by atoms with Gasteiger partial charge >= 0.3 is 5.97 Å². The fourth-order valence-corrected chi connectivity index (χ4v) is 1.97. The van der Waals surface area contributed by atoms with Crippen LogP contribution in [-0.2, 0) is 9.59 Å². The fourth-order valence-electron chi connectivity index (χ4n) is 1.80. The van der Waals surface area contributed by atoms with Crippen LogP contribution in [-0.4, -0.2) is 46.9 Å². The van der Waals surface area contributed by atoms with Crippen LogP contribution < -0.4 is 5.32 Å². The number of carbonyl (C=O) groups is 3. The minimum atomic E-state index is -1.31. The first kappa shape index (κ1) is 18.8. The number of carboxylic acid groups (broad SMARTS) is 1. The monoisotopic (exact) mass is 348 g/mol. The molecular formula is C14H15ClF2N2O4. The average Bonchev–Trinajstić information content (AvgIpc) is 2.47. The number of rotatable bonds is 6. The van der Waals surface area contributed by atoms with Gasteiger partial charge in [-0.25, -0.2) is 13.6 Å². The number of halogens is 3. The van der Waals surface area contributed by atoms with E-state index in [2.05, 4.69) is 5.32 Å². The number of hydrogen-bond donors (Lipinski definition) is 2. The Morgan fingerprint density at radius 1 is 1.35 bits per heavy atom. The summed E-state index contributed by atoms with van der Waals surface area (Å²) >= 11 is 5.43. The van der Waals surface area contributed by atoms with E-state index in [0.29, 0.717) is 0 Å². The molecule has 0 fully saturated rings. The van der Waals surface area contributed by atoms with E-state index in [1.165, 1.54) is 13.8 Å². The Kier molecular flexibility index (Phi) is 6.44. The normalized spacial score (nSPS) is 11.7. The Bertz CT molecular complexity index is 639. The molecule has 126 valence electrons. The van der Waals surface area contributed by atoms with Gasteiger partial charge in [-0.2, -0.15) is 0 Å². The van der Waals surface area contributed by atoms with E-state index >= 15 is 0 Å². The van der Waals surface area contributed by atoms with Crippen molar-refractivity contribution >= 4 is 29.4 Å². The van der Waals surface area contributed by atoms with Gasteiger partial charge in [0.05, 0.1) is 5.56 Å². The molecule has 1 atom stereocenters. The van der Waals surface area contributed by atoms with Crippen LogP contribution >= 0.6 is 11.6 Å². The molecule has 1 rings (SSSR count). The predicted molar refractivity (Wildman–Crippen MR) is 78.2 cm³/mol. The molecule has 0 bridgehead atoms. The van der Waals surface area contributed by atoms with Crippen LogP contribution in [0.3, 0.4) is 0 Å². The lowest BCUT2D eigenvalue weighted by Crippen LogP contribution is -2.47. The van der Waals surface area contributed by atoms with Gasteiger partial charge in [-0.15, -0.1) is 0 Å². The largest absolute Gasteiger partial charge is 0.480 e. The van der Waals surface area contributed by atoms with Crippen LogP contribution in [0.4, 0.5) is 8.78 Å². The van der Waals surface area contributed by atoms with Gasteiger partial charge in [-0.05, 0) is 19.1 Å². The molecule has 2 amide bonds. The van der Waals surface area contributed by atoms with Crippen LogP contribution in [0.1, 0.15) is 24.2 Å². The van der Waals surface area contributed by atoms with Crippen molar-refractivity contribution in [2.45, 2.75) is 19.9 Å². The molecule has 23 heavy (non-hydrogen) atoms.